The van der Waals surface area contributed by atoms with E-state index in [9.17, 15) is 14.7 Å². The fourth-order valence-corrected chi connectivity index (χ4v) is 2.39. The Kier molecular flexibility index (Phi) is 2.18. The number of fused-ring (bicyclic) bond motifs is 2. The molecule has 7 heteroatoms. The third-order valence-electron chi connectivity index (χ3n) is 3.04. The molecule has 2 fully saturated rings. The van der Waals surface area contributed by atoms with Crippen molar-refractivity contribution in [1.29, 1.82) is 0 Å². The quantitative estimate of drug-likeness (QED) is 0.505. The van der Waals surface area contributed by atoms with Crippen molar-refractivity contribution in [3.8, 4) is 0 Å². The van der Waals surface area contributed by atoms with Crippen LogP contribution in [-0.4, -0.2) is 68.6 Å². The summed E-state index contributed by atoms with van der Waals surface area (Å²) in [5.41, 5.74) is 0. The Labute approximate surface area is 85.5 Å². The topological polar surface area (TPSA) is 101 Å². The molecule has 2 heterocycles. The highest BCUT2D eigenvalue weighted by molar-refractivity contribution is 5.69. The van der Waals surface area contributed by atoms with Gasteiger partial charge in [0, 0.05) is 13.1 Å². The zero-order valence-electron chi connectivity index (χ0n) is 7.91. The molecule has 84 valence electrons. The van der Waals surface area contributed by atoms with Crippen molar-refractivity contribution in [2.75, 3.05) is 13.1 Å². The Morgan fingerprint density at radius 3 is 2.27 bits per heavy atom. The molecule has 0 aliphatic carbocycles. The van der Waals surface area contributed by atoms with Gasteiger partial charge in [0.25, 0.3) is 0 Å². The summed E-state index contributed by atoms with van der Waals surface area (Å²) in [7, 11) is 0. The summed E-state index contributed by atoms with van der Waals surface area (Å²) in [6.07, 6.45) is -2.59. The van der Waals surface area contributed by atoms with E-state index in [-0.39, 0.29) is 13.1 Å². The van der Waals surface area contributed by atoms with Crippen LogP contribution in [0.5, 0.6) is 0 Å². The van der Waals surface area contributed by atoms with Crippen LogP contribution in [0.2, 0.25) is 0 Å². The standard InChI is InChI=1S/C8H12N2O5/c11-6-1-4-2-9(7(12)13)3-5(6)10(4)8(14)15/h4-6,11H,1-3H2,(H,12,13)(H,14,15). The Morgan fingerprint density at radius 2 is 1.80 bits per heavy atom. The molecule has 0 aromatic carbocycles. The van der Waals surface area contributed by atoms with Gasteiger partial charge < -0.3 is 20.2 Å². The van der Waals surface area contributed by atoms with Gasteiger partial charge in [0.1, 0.15) is 0 Å². The first-order chi connectivity index (χ1) is 7.00. The summed E-state index contributed by atoms with van der Waals surface area (Å²) in [6, 6.07) is -1.02. The van der Waals surface area contributed by atoms with Crippen LogP contribution in [0.1, 0.15) is 6.42 Å². The molecule has 0 aromatic rings. The Morgan fingerprint density at radius 1 is 1.13 bits per heavy atom. The number of hydrogen-bond acceptors (Lipinski definition) is 3. The maximum atomic E-state index is 10.9. The van der Waals surface area contributed by atoms with Gasteiger partial charge in [0.15, 0.2) is 0 Å². The molecule has 2 bridgehead atoms. The lowest BCUT2D eigenvalue weighted by atomic mass is 10.2. The van der Waals surface area contributed by atoms with Gasteiger partial charge in [-0.2, -0.15) is 0 Å². The number of amides is 2. The minimum atomic E-state index is -1.09. The summed E-state index contributed by atoms with van der Waals surface area (Å²) in [5.74, 6) is 0. The van der Waals surface area contributed by atoms with Gasteiger partial charge in [-0.3, -0.25) is 4.90 Å². The molecule has 2 rings (SSSR count). The largest absolute Gasteiger partial charge is 0.465 e. The lowest BCUT2D eigenvalue weighted by Crippen LogP contribution is -2.57. The first kappa shape index (κ1) is 10.0. The smallest absolute Gasteiger partial charge is 0.408 e. The van der Waals surface area contributed by atoms with Gasteiger partial charge in [0.2, 0.25) is 0 Å². The number of nitrogens with zero attached hydrogens (tertiary/aromatic N) is 2. The second-order valence-electron chi connectivity index (χ2n) is 3.90. The predicted octanol–water partition coefficient (Wildman–Crippen LogP) is -0.538. The monoisotopic (exact) mass is 216 g/mol. The average molecular weight is 216 g/mol. The molecule has 3 N–H and O–H groups in total. The third kappa shape index (κ3) is 1.48. The van der Waals surface area contributed by atoms with Crippen LogP contribution in [0.15, 0.2) is 0 Å². The number of piperazine rings is 1. The first-order valence-electron chi connectivity index (χ1n) is 4.68. The van der Waals surface area contributed by atoms with E-state index in [1.807, 2.05) is 0 Å². The number of carbonyl (C=O) groups is 2. The van der Waals surface area contributed by atoms with Gasteiger partial charge in [-0.25, -0.2) is 9.59 Å². The number of hydrogen-bond donors (Lipinski definition) is 3. The van der Waals surface area contributed by atoms with Gasteiger partial charge >= 0.3 is 12.2 Å². The van der Waals surface area contributed by atoms with Crippen LogP contribution in [0.4, 0.5) is 9.59 Å². The van der Waals surface area contributed by atoms with Crippen LogP contribution >= 0.6 is 0 Å². The molecule has 2 aliphatic heterocycles. The molecule has 0 saturated carbocycles. The van der Waals surface area contributed by atoms with E-state index in [1.165, 1.54) is 4.90 Å². The van der Waals surface area contributed by atoms with Crippen molar-refractivity contribution >= 4 is 12.2 Å². The summed E-state index contributed by atoms with van der Waals surface area (Å²) < 4.78 is 0. The number of aliphatic hydroxyl groups excluding tert-OH is 1. The summed E-state index contributed by atoms with van der Waals surface area (Å²) in [6.45, 7) is 0.203. The van der Waals surface area contributed by atoms with E-state index < -0.39 is 30.4 Å². The number of aliphatic hydroxyl groups is 1. The van der Waals surface area contributed by atoms with E-state index in [1.54, 1.807) is 0 Å². The maximum Gasteiger partial charge on any atom is 0.408 e. The van der Waals surface area contributed by atoms with Crippen LogP contribution < -0.4 is 0 Å². The molecule has 0 radical (unpaired) electrons. The minimum absolute atomic E-state index is 0.0549. The highest BCUT2D eigenvalue weighted by Crippen LogP contribution is 2.30. The molecule has 0 aromatic heterocycles. The number of carboxylic acid groups (broad SMARTS) is 2. The van der Waals surface area contributed by atoms with Crippen LogP contribution in [0.25, 0.3) is 0 Å². The van der Waals surface area contributed by atoms with Gasteiger partial charge in [-0.05, 0) is 6.42 Å². The second-order valence-corrected chi connectivity index (χ2v) is 3.90. The Hall–Kier alpha value is -1.50. The highest BCUT2D eigenvalue weighted by Gasteiger charge is 2.49. The molecule has 2 aliphatic rings. The zero-order chi connectivity index (χ0) is 11.2. The number of rotatable bonds is 0. The lowest BCUT2D eigenvalue weighted by molar-refractivity contribution is 0.0396. The van der Waals surface area contributed by atoms with Crippen molar-refractivity contribution in [3.63, 3.8) is 0 Å². The lowest BCUT2D eigenvalue weighted by Gasteiger charge is -2.38. The first-order valence-corrected chi connectivity index (χ1v) is 4.68. The van der Waals surface area contributed by atoms with E-state index in [2.05, 4.69) is 0 Å². The minimum Gasteiger partial charge on any atom is -0.465 e. The van der Waals surface area contributed by atoms with Crippen LogP contribution in [-0.2, 0) is 0 Å². The molecule has 15 heavy (non-hydrogen) atoms. The third-order valence-corrected chi connectivity index (χ3v) is 3.04. The van der Waals surface area contributed by atoms with E-state index in [0.717, 1.165) is 4.90 Å². The molecule has 2 saturated heterocycles. The Balaban J connectivity index is 2.18. The van der Waals surface area contributed by atoms with Crippen molar-refractivity contribution < 1.29 is 24.9 Å². The molecule has 0 spiro atoms. The summed E-state index contributed by atoms with van der Waals surface area (Å²) in [4.78, 5) is 23.9. The Bertz CT molecular complexity index is 307. The van der Waals surface area contributed by atoms with E-state index in [4.69, 9.17) is 10.2 Å². The molecule has 3 atom stereocenters. The molecular weight excluding hydrogens is 204 g/mol. The predicted molar refractivity (Wildman–Crippen MR) is 47.7 cm³/mol. The van der Waals surface area contributed by atoms with Crippen molar-refractivity contribution in [2.24, 2.45) is 0 Å². The normalized spacial score (nSPS) is 34.3. The fourth-order valence-electron chi connectivity index (χ4n) is 2.39. The molecule has 3 unspecified atom stereocenters. The van der Waals surface area contributed by atoms with Crippen molar-refractivity contribution in [3.05, 3.63) is 0 Å². The highest BCUT2D eigenvalue weighted by atomic mass is 16.4. The van der Waals surface area contributed by atoms with Gasteiger partial charge in [0.05, 0.1) is 18.2 Å². The SMILES string of the molecule is O=C(O)N1CC2CC(O)C(C1)N2C(=O)O. The second kappa shape index (κ2) is 3.27. The van der Waals surface area contributed by atoms with Gasteiger partial charge in [-0.15, -0.1) is 0 Å². The van der Waals surface area contributed by atoms with Crippen LogP contribution in [0.3, 0.4) is 0 Å². The zero-order valence-corrected chi connectivity index (χ0v) is 7.91. The number of likely N-dealkylation sites (tertiary alicyclic amines) is 1. The van der Waals surface area contributed by atoms with Crippen molar-refractivity contribution in [2.45, 2.75) is 24.6 Å². The van der Waals surface area contributed by atoms with Crippen molar-refractivity contribution in [1.82, 2.24) is 9.80 Å². The average Bonchev–Trinajstić information content (AvgIpc) is 2.34. The molecular formula is C8H12N2O5. The van der Waals surface area contributed by atoms with Gasteiger partial charge in [-0.1, -0.05) is 0 Å². The molecule has 2 amide bonds. The fraction of sp³-hybridized carbons (Fsp3) is 0.750. The van der Waals surface area contributed by atoms with E-state index in [0.29, 0.717) is 6.42 Å². The maximum absolute atomic E-state index is 10.9. The summed E-state index contributed by atoms with van der Waals surface area (Å²) in [5, 5.41) is 27.3. The molecule has 7 nitrogen and oxygen atoms in total. The van der Waals surface area contributed by atoms with E-state index >= 15 is 0 Å². The van der Waals surface area contributed by atoms with Crippen LogP contribution in [0, 0.1) is 0 Å². The summed E-state index contributed by atoms with van der Waals surface area (Å²) >= 11 is 0.